The van der Waals surface area contributed by atoms with Crippen molar-refractivity contribution in [2.45, 2.75) is 6.16 Å². The van der Waals surface area contributed by atoms with Crippen LogP contribution in [0.3, 0.4) is 0 Å². The van der Waals surface area contributed by atoms with E-state index in [0.717, 1.165) is 11.2 Å². The zero-order valence-electron chi connectivity index (χ0n) is 12.0. The van der Waals surface area contributed by atoms with Crippen LogP contribution in [0.4, 0.5) is 0 Å². The Morgan fingerprint density at radius 2 is 1.14 bits per heavy atom. The van der Waals surface area contributed by atoms with E-state index in [9.17, 15) is 0 Å². The van der Waals surface area contributed by atoms with Gasteiger partial charge < -0.3 is 0 Å². The van der Waals surface area contributed by atoms with Crippen LogP contribution in [0.5, 0.6) is 0 Å². The van der Waals surface area contributed by atoms with E-state index in [4.69, 9.17) is 23.4 Å². The van der Waals surface area contributed by atoms with Crippen LogP contribution in [0, 0.1) is 0 Å². The molecule has 0 saturated carbocycles. The predicted octanol–water partition coefficient (Wildman–Crippen LogP) is 4.97. The van der Waals surface area contributed by atoms with Crippen LogP contribution in [0.15, 0.2) is 84.9 Å². The lowest BCUT2D eigenvalue weighted by Crippen LogP contribution is -2.17. The molecular formula is C19H16ClPS. The average Bonchev–Trinajstić information content (AvgIpc) is 2.58. The molecule has 0 heterocycles. The molecule has 0 atom stereocenters. The Labute approximate surface area is 141 Å². The van der Waals surface area contributed by atoms with Gasteiger partial charge in [0, 0.05) is 17.2 Å². The van der Waals surface area contributed by atoms with Crippen LogP contribution in [0.25, 0.3) is 0 Å². The lowest BCUT2D eigenvalue weighted by Gasteiger charge is -2.23. The molecule has 0 nitrogen and oxygen atoms in total. The number of rotatable bonds is 4. The summed E-state index contributed by atoms with van der Waals surface area (Å²) in [5, 5.41) is 3.27. The molecule has 0 amide bonds. The van der Waals surface area contributed by atoms with Crippen LogP contribution < -0.4 is 10.6 Å². The molecule has 0 unspecified atom stereocenters. The zero-order valence-corrected chi connectivity index (χ0v) is 14.5. The van der Waals surface area contributed by atoms with Gasteiger partial charge in [0.2, 0.25) is 0 Å². The molecule has 0 N–H and O–H groups in total. The smallest absolute Gasteiger partial charge is 0.0406 e. The Hall–Kier alpha value is -1.40. The molecule has 3 aromatic carbocycles. The van der Waals surface area contributed by atoms with Crippen LogP contribution in [-0.4, -0.2) is 0 Å². The highest BCUT2D eigenvalue weighted by atomic mass is 35.5. The Balaban J connectivity index is 2.08. The quantitative estimate of drug-likeness (QED) is 0.603. The molecule has 0 aromatic heterocycles. The highest BCUT2D eigenvalue weighted by molar-refractivity contribution is 8.21. The summed E-state index contributed by atoms with van der Waals surface area (Å²) in [6.45, 7) is 0. The Morgan fingerprint density at radius 1 is 0.682 bits per heavy atom. The number of benzene rings is 3. The summed E-state index contributed by atoms with van der Waals surface area (Å²) in [7, 11) is 0. The minimum absolute atomic E-state index is 0.761. The minimum atomic E-state index is -1.87. The SMILES string of the molecule is S=P(Cc1ccc(Cl)cc1)(c1ccccc1)c1ccccc1. The van der Waals surface area contributed by atoms with Gasteiger partial charge in [-0.15, -0.1) is 0 Å². The highest BCUT2D eigenvalue weighted by Crippen LogP contribution is 2.47. The van der Waals surface area contributed by atoms with Crippen molar-refractivity contribution in [2.24, 2.45) is 0 Å². The van der Waals surface area contributed by atoms with Crippen LogP contribution in [0.1, 0.15) is 5.56 Å². The molecule has 0 saturated heterocycles. The largest absolute Gasteiger partial charge is 0.0873 e. The Bertz CT molecular complexity index is 739. The molecule has 0 aliphatic rings. The second-order valence-electron chi connectivity index (χ2n) is 5.20. The number of hydrogen-bond donors (Lipinski definition) is 0. The molecule has 0 aliphatic heterocycles. The van der Waals surface area contributed by atoms with Crippen molar-refractivity contribution >= 4 is 40.1 Å². The predicted molar refractivity (Wildman–Crippen MR) is 102 cm³/mol. The van der Waals surface area contributed by atoms with Gasteiger partial charge in [-0.25, -0.2) is 0 Å². The third kappa shape index (κ3) is 3.33. The standard InChI is InChI=1S/C19H16ClPS/c20-17-13-11-16(12-14-17)15-21(22,18-7-3-1-4-8-18)19-9-5-2-6-10-19/h1-14H,15H2. The lowest BCUT2D eigenvalue weighted by molar-refractivity contribution is 1.40. The van der Waals surface area contributed by atoms with Gasteiger partial charge in [-0.05, 0) is 28.3 Å². The maximum Gasteiger partial charge on any atom is 0.0406 e. The molecule has 0 aliphatic carbocycles. The maximum absolute atomic E-state index is 6.23. The fourth-order valence-electron chi connectivity index (χ4n) is 2.52. The number of hydrogen-bond acceptors (Lipinski definition) is 1. The van der Waals surface area contributed by atoms with Gasteiger partial charge in [-0.2, -0.15) is 0 Å². The monoisotopic (exact) mass is 342 g/mol. The van der Waals surface area contributed by atoms with Crippen molar-refractivity contribution in [3.05, 3.63) is 95.5 Å². The first-order valence-electron chi connectivity index (χ1n) is 7.13. The van der Waals surface area contributed by atoms with Gasteiger partial charge in [0.25, 0.3) is 0 Å². The van der Waals surface area contributed by atoms with Gasteiger partial charge in [0.15, 0.2) is 0 Å². The van der Waals surface area contributed by atoms with Crippen molar-refractivity contribution in [3.63, 3.8) is 0 Å². The number of halogens is 1. The summed E-state index contributed by atoms with van der Waals surface area (Å²) >= 11 is 12.2. The maximum atomic E-state index is 6.23. The summed E-state index contributed by atoms with van der Waals surface area (Å²) in [6, 6.07) is 27.1. The van der Waals surface area contributed by atoms with E-state index in [1.807, 2.05) is 24.3 Å². The molecule has 110 valence electrons. The fourth-order valence-corrected chi connectivity index (χ4v) is 6.52. The third-order valence-electron chi connectivity index (χ3n) is 3.67. The normalized spacial score (nSPS) is 11.3. The minimum Gasteiger partial charge on any atom is -0.0873 e. The van der Waals surface area contributed by atoms with Crippen LogP contribution >= 0.6 is 17.6 Å². The van der Waals surface area contributed by atoms with Crippen molar-refractivity contribution < 1.29 is 0 Å². The van der Waals surface area contributed by atoms with Gasteiger partial charge in [0.05, 0.1) is 0 Å². The van der Waals surface area contributed by atoms with Gasteiger partial charge >= 0.3 is 0 Å². The van der Waals surface area contributed by atoms with E-state index < -0.39 is 6.04 Å². The van der Waals surface area contributed by atoms with Crippen LogP contribution in [-0.2, 0) is 18.0 Å². The van der Waals surface area contributed by atoms with E-state index in [1.54, 1.807) is 0 Å². The first kappa shape index (κ1) is 15.5. The van der Waals surface area contributed by atoms with E-state index in [-0.39, 0.29) is 0 Å². The highest BCUT2D eigenvalue weighted by Gasteiger charge is 2.22. The molecule has 22 heavy (non-hydrogen) atoms. The zero-order chi connectivity index (χ0) is 15.4. The second-order valence-corrected chi connectivity index (χ2v) is 10.3. The lowest BCUT2D eigenvalue weighted by atomic mass is 10.2. The van der Waals surface area contributed by atoms with E-state index in [0.29, 0.717) is 0 Å². The topological polar surface area (TPSA) is 0 Å². The first-order chi connectivity index (χ1) is 10.7. The summed E-state index contributed by atoms with van der Waals surface area (Å²) in [5.74, 6) is 0. The third-order valence-corrected chi connectivity index (χ3v) is 8.64. The van der Waals surface area contributed by atoms with Crippen LogP contribution in [0.2, 0.25) is 5.02 Å². The molecule has 3 heteroatoms. The van der Waals surface area contributed by atoms with E-state index in [2.05, 4.69) is 60.7 Å². The molecule has 0 bridgehead atoms. The van der Waals surface area contributed by atoms with E-state index >= 15 is 0 Å². The second kappa shape index (κ2) is 6.79. The van der Waals surface area contributed by atoms with Crippen molar-refractivity contribution in [3.8, 4) is 0 Å². The Morgan fingerprint density at radius 3 is 1.59 bits per heavy atom. The molecule has 0 spiro atoms. The van der Waals surface area contributed by atoms with Gasteiger partial charge in [0.1, 0.15) is 0 Å². The molecule has 3 aromatic rings. The molecular weight excluding hydrogens is 327 g/mol. The average molecular weight is 343 g/mol. The summed E-state index contributed by atoms with van der Waals surface area (Å²) in [5.41, 5.74) is 1.24. The van der Waals surface area contributed by atoms with Crippen molar-refractivity contribution in [1.82, 2.24) is 0 Å². The fraction of sp³-hybridized carbons (Fsp3) is 0.0526. The van der Waals surface area contributed by atoms with Crippen molar-refractivity contribution in [1.29, 1.82) is 0 Å². The van der Waals surface area contributed by atoms with Gasteiger partial charge in [-0.3, -0.25) is 0 Å². The first-order valence-corrected chi connectivity index (χ1v) is 10.5. The molecule has 3 rings (SSSR count). The van der Waals surface area contributed by atoms with Crippen molar-refractivity contribution in [2.75, 3.05) is 0 Å². The molecule has 0 radical (unpaired) electrons. The van der Waals surface area contributed by atoms with Gasteiger partial charge in [-0.1, -0.05) is 96.2 Å². The van der Waals surface area contributed by atoms with E-state index in [1.165, 1.54) is 16.2 Å². The summed E-state index contributed by atoms with van der Waals surface area (Å²) < 4.78 is 0. The Kier molecular flexibility index (Phi) is 4.78. The summed E-state index contributed by atoms with van der Waals surface area (Å²) in [4.78, 5) is 0. The summed E-state index contributed by atoms with van der Waals surface area (Å²) in [6.07, 6.45) is 0.869. The molecule has 0 fully saturated rings.